The molecule has 0 aliphatic heterocycles. The van der Waals surface area contributed by atoms with Crippen LogP contribution in [-0.4, -0.2) is 76.9 Å². The topological polar surface area (TPSA) is 156 Å². The molecule has 3 aliphatic rings. The summed E-state index contributed by atoms with van der Waals surface area (Å²) in [4.78, 5) is 26.3. The summed E-state index contributed by atoms with van der Waals surface area (Å²) in [6.45, 7) is 0. The van der Waals surface area contributed by atoms with E-state index in [4.69, 9.17) is 4.98 Å². The number of nitrogens with one attached hydrogen (secondary N) is 2. The summed E-state index contributed by atoms with van der Waals surface area (Å²) in [6, 6.07) is 9.10. The van der Waals surface area contributed by atoms with Crippen molar-refractivity contribution in [2.24, 2.45) is 17.8 Å². The summed E-state index contributed by atoms with van der Waals surface area (Å²) < 4.78 is 3.24. The molecule has 12 heteroatoms. The number of aliphatic hydroxyl groups excluding tert-OH is 2. The van der Waals surface area contributed by atoms with Crippen LogP contribution in [0, 0.1) is 17.8 Å². The maximum Gasteiger partial charge on any atom is 0.256 e. The van der Waals surface area contributed by atoms with Crippen LogP contribution in [0.2, 0.25) is 0 Å². The Kier molecular flexibility index (Phi) is 5.00. The van der Waals surface area contributed by atoms with Crippen molar-refractivity contribution < 1.29 is 15.0 Å². The Morgan fingerprint density at radius 3 is 2.63 bits per heavy atom. The number of hydrogen-bond acceptors (Lipinski definition) is 9. The number of rotatable bonds is 5. The Morgan fingerprint density at radius 2 is 1.89 bits per heavy atom. The SMILES string of the molecule is CNC(=O)[C@H]1C2C[C@@H]1[C@@H](O)[C@@H](O)[C@@H]2n1cnc2c(NC)nc(-n3cc(-c4ccccc4)nn3)nc21. The van der Waals surface area contributed by atoms with Gasteiger partial charge in [0.1, 0.15) is 11.8 Å². The molecular formula is C23H25N9O3. The first-order valence-electron chi connectivity index (χ1n) is 11.5. The van der Waals surface area contributed by atoms with Crippen molar-refractivity contribution in [2.75, 3.05) is 19.4 Å². The van der Waals surface area contributed by atoms with Gasteiger partial charge in [0, 0.05) is 25.6 Å². The van der Waals surface area contributed by atoms with Gasteiger partial charge in [-0.15, -0.1) is 5.10 Å². The minimum Gasteiger partial charge on any atom is -0.390 e. The van der Waals surface area contributed by atoms with Crippen LogP contribution >= 0.6 is 0 Å². The molecule has 0 saturated heterocycles. The van der Waals surface area contributed by atoms with E-state index in [1.165, 1.54) is 4.68 Å². The van der Waals surface area contributed by atoms with Gasteiger partial charge in [0.05, 0.1) is 24.7 Å². The highest BCUT2D eigenvalue weighted by Crippen LogP contribution is 2.56. The Balaban J connectivity index is 1.44. The third kappa shape index (κ3) is 3.21. The molecule has 1 amide bonds. The van der Waals surface area contributed by atoms with Crippen LogP contribution in [0.4, 0.5) is 5.82 Å². The number of aromatic nitrogens is 7. The van der Waals surface area contributed by atoms with Gasteiger partial charge in [-0.3, -0.25) is 4.79 Å². The monoisotopic (exact) mass is 475 g/mol. The summed E-state index contributed by atoms with van der Waals surface area (Å²) in [5.74, 6) is -0.156. The normalized spacial score (nSPS) is 27.4. The highest BCUT2D eigenvalue weighted by atomic mass is 16.3. The van der Waals surface area contributed by atoms with E-state index >= 15 is 0 Å². The molecule has 0 spiro atoms. The molecule has 180 valence electrons. The third-order valence-electron chi connectivity index (χ3n) is 7.33. The van der Waals surface area contributed by atoms with Gasteiger partial charge in [-0.2, -0.15) is 14.6 Å². The van der Waals surface area contributed by atoms with Crippen molar-refractivity contribution in [3.8, 4) is 17.2 Å². The third-order valence-corrected chi connectivity index (χ3v) is 7.33. The first-order chi connectivity index (χ1) is 17.0. The number of benzene rings is 1. The number of nitrogens with zero attached hydrogens (tertiary/aromatic N) is 7. The summed E-state index contributed by atoms with van der Waals surface area (Å²) >= 11 is 0. The lowest BCUT2D eigenvalue weighted by atomic mass is 9.52. The number of fused-ring (bicyclic) bond motifs is 3. The molecule has 7 rings (SSSR count). The zero-order valence-electron chi connectivity index (χ0n) is 19.1. The second-order valence-electron chi connectivity index (χ2n) is 9.04. The molecule has 3 saturated carbocycles. The van der Waals surface area contributed by atoms with Crippen LogP contribution in [0.3, 0.4) is 0 Å². The average molecular weight is 476 g/mol. The zero-order valence-corrected chi connectivity index (χ0v) is 19.1. The van der Waals surface area contributed by atoms with Gasteiger partial charge in [-0.25, -0.2) is 4.98 Å². The summed E-state index contributed by atoms with van der Waals surface area (Å²) in [5.41, 5.74) is 2.57. The number of carbonyl (C=O) groups is 1. The molecule has 1 unspecified atom stereocenters. The first kappa shape index (κ1) is 21.6. The van der Waals surface area contributed by atoms with E-state index in [0.717, 1.165) is 5.56 Å². The van der Waals surface area contributed by atoms with Crippen molar-refractivity contribution in [1.82, 2.24) is 39.8 Å². The van der Waals surface area contributed by atoms with Crippen LogP contribution in [0.25, 0.3) is 28.4 Å². The fourth-order valence-corrected chi connectivity index (χ4v) is 5.57. The fourth-order valence-electron chi connectivity index (χ4n) is 5.57. The van der Waals surface area contributed by atoms with E-state index in [-0.39, 0.29) is 29.6 Å². The summed E-state index contributed by atoms with van der Waals surface area (Å²) in [6.07, 6.45) is 1.90. The van der Waals surface area contributed by atoms with Crippen LogP contribution in [0.15, 0.2) is 42.9 Å². The molecule has 35 heavy (non-hydrogen) atoms. The van der Waals surface area contributed by atoms with Crippen LogP contribution < -0.4 is 10.6 Å². The number of imidazole rings is 1. The van der Waals surface area contributed by atoms with Gasteiger partial charge in [-0.05, 0) is 18.3 Å². The quantitative estimate of drug-likeness (QED) is 0.321. The molecule has 4 N–H and O–H groups in total. The lowest BCUT2D eigenvalue weighted by Gasteiger charge is -2.56. The van der Waals surface area contributed by atoms with Gasteiger partial charge in [-0.1, -0.05) is 35.5 Å². The van der Waals surface area contributed by atoms with Gasteiger partial charge in [0.15, 0.2) is 17.0 Å². The van der Waals surface area contributed by atoms with Gasteiger partial charge >= 0.3 is 0 Å². The zero-order chi connectivity index (χ0) is 24.3. The van der Waals surface area contributed by atoms with E-state index in [2.05, 4.69) is 30.9 Å². The molecule has 6 atom stereocenters. The first-order valence-corrected chi connectivity index (χ1v) is 11.5. The Labute approximate surface area is 200 Å². The van der Waals surface area contributed by atoms with Crippen molar-refractivity contribution in [3.05, 3.63) is 42.9 Å². The van der Waals surface area contributed by atoms with E-state index in [0.29, 0.717) is 29.1 Å². The van der Waals surface area contributed by atoms with Crippen molar-refractivity contribution >= 4 is 22.9 Å². The smallest absolute Gasteiger partial charge is 0.256 e. The molecule has 3 aliphatic carbocycles. The van der Waals surface area contributed by atoms with E-state index < -0.39 is 18.2 Å². The maximum absolute atomic E-state index is 12.5. The van der Waals surface area contributed by atoms with E-state index in [1.54, 1.807) is 31.2 Å². The summed E-state index contributed by atoms with van der Waals surface area (Å²) in [5, 5.41) is 35.9. The molecule has 4 aromatic rings. The van der Waals surface area contributed by atoms with Crippen molar-refractivity contribution in [2.45, 2.75) is 24.7 Å². The molecule has 0 radical (unpaired) electrons. The highest BCUT2D eigenvalue weighted by molar-refractivity contribution is 5.84. The highest BCUT2D eigenvalue weighted by Gasteiger charge is 2.60. The number of hydrogen-bond donors (Lipinski definition) is 4. The fraction of sp³-hybridized carbons (Fsp3) is 0.391. The van der Waals surface area contributed by atoms with Gasteiger partial charge < -0.3 is 25.4 Å². The molecule has 2 bridgehead atoms. The number of aliphatic hydroxyl groups is 2. The minimum atomic E-state index is -1.05. The standard InChI is InChI=1S/C23H25N9O3/c1-24-20-16-21(28-23(27-20)32-9-14(29-30-32)11-6-4-3-5-7-11)31(10-26-16)17-12-8-13(18(33)19(17)34)15(12)22(35)25-2/h3-7,9-10,12-13,15,17-19,33-34H,8H2,1-2H3,(H,25,35)(H,24,27,28)/t12?,13-,15-,17+,18+,19-/m0/s1. The van der Waals surface area contributed by atoms with Crippen LogP contribution in [0.1, 0.15) is 12.5 Å². The Morgan fingerprint density at radius 1 is 1.09 bits per heavy atom. The van der Waals surface area contributed by atoms with Crippen molar-refractivity contribution in [3.63, 3.8) is 0 Å². The largest absolute Gasteiger partial charge is 0.390 e. The minimum absolute atomic E-state index is 0.131. The second-order valence-corrected chi connectivity index (χ2v) is 9.04. The second kappa shape index (κ2) is 8.10. The number of amides is 1. The summed E-state index contributed by atoms with van der Waals surface area (Å²) in [7, 11) is 3.32. The molecule has 3 heterocycles. The Hall–Kier alpha value is -3.90. The van der Waals surface area contributed by atoms with Crippen molar-refractivity contribution in [1.29, 1.82) is 0 Å². The van der Waals surface area contributed by atoms with E-state index in [1.807, 2.05) is 30.3 Å². The lowest BCUT2D eigenvalue weighted by Crippen LogP contribution is -2.64. The maximum atomic E-state index is 12.5. The number of anilines is 1. The average Bonchev–Trinajstić information content (AvgIpc) is 3.52. The van der Waals surface area contributed by atoms with Gasteiger partial charge in [0.25, 0.3) is 5.95 Å². The molecule has 1 aromatic carbocycles. The molecule has 3 fully saturated rings. The van der Waals surface area contributed by atoms with Crippen LogP contribution in [-0.2, 0) is 4.79 Å². The molecule has 12 nitrogen and oxygen atoms in total. The Bertz CT molecular complexity index is 1400. The predicted molar refractivity (Wildman–Crippen MR) is 125 cm³/mol. The van der Waals surface area contributed by atoms with Crippen LogP contribution in [0.5, 0.6) is 0 Å². The lowest BCUT2D eigenvalue weighted by molar-refractivity contribution is -0.189. The van der Waals surface area contributed by atoms with E-state index in [9.17, 15) is 15.0 Å². The molecular weight excluding hydrogens is 450 g/mol. The molecule has 3 aromatic heterocycles. The predicted octanol–water partition coefficient (Wildman–Crippen LogP) is 0.390. The van der Waals surface area contributed by atoms with Gasteiger partial charge in [0.2, 0.25) is 5.91 Å². The number of carbonyl (C=O) groups excluding carboxylic acids is 1.